The van der Waals surface area contributed by atoms with E-state index in [2.05, 4.69) is 30.9 Å². The summed E-state index contributed by atoms with van der Waals surface area (Å²) in [5.74, 6) is 0.563. The SMILES string of the molecule is COc1ccc(Br)cc1-c1nc(COC(=O)CSc2nc(C)cc(C)n2)cs1. The number of aromatic nitrogens is 3. The Balaban J connectivity index is 1.57. The number of rotatable bonds is 7. The summed E-state index contributed by atoms with van der Waals surface area (Å²) in [7, 11) is 1.63. The molecule has 3 rings (SSSR count). The molecule has 146 valence electrons. The van der Waals surface area contributed by atoms with Crippen molar-refractivity contribution in [3.63, 3.8) is 0 Å². The van der Waals surface area contributed by atoms with Crippen LogP contribution in [0.1, 0.15) is 17.1 Å². The Hall–Kier alpha value is -1.97. The zero-order valence-electron chi connectivity index (χ0n) is 15.6. The number of carbonyl (C=O) groups is 1. The van der Waals surface area contributed by atoms with Gasteiger partial charge in [0.25, 0.3) is 0 Å². The first kappa shape index (κ1) is 20.8. The Kier molecular flexibility index (Phi) is 7.03. The van der Waals surface area contributed by atoms with Crippen LogP contribution in [0.3, 0.4) is 0 Å². The summed E-state index contributed by atoms with van der Waals surface area (Å²) in [4.78, 5) is 25.2. The number of thiazole rings is 1. The summed E-state index contributed by atoms with van der Waals surface area (Å²) in [6.45, 7) is 3.92. The molecule has 0 N–H and O–H groups in total. The lowest BCUT2D eigenvalue weighted by molar-refractivity contribution is -0.141. The number of carbonyl (C=O) groups excluding carboxylic acids is 1. The Labute approximate surface area is 179 Å². The highest BCUT2D eigenvalue weighted by Gasteiger charge is 2.13. The maximum atomic E-state index is 12.0. The average Bonchev–Trinajstić information content (AvgIpc) is 3.13. The minimum absolute atomic E-state index is 0.125. The predicted octanol–water partition coefficient (Wildman–Crippen LogP) is 4.82. The van der Waals surface area contributed by atoms with Crippen LogP contribution in [0.2, 0.25) is 0 Å². The van der Waals surface area contributed by atoms with Gasteiger partial charge in [0.2, 0.25) is 0 Å². The zero-order valence-corrected chi connectivity index (χ0v) is 18.8. The molecular weight excluding hydrogens is 462 g/mol. The van der Waals surface area contributed by atoms with Crippen LogP contribution in [0.4, 0.5) is 0 Å². The van der Waals surface area contributed by atoms with E-state index in [-0.39, 0.29) is 18.3 Å². The van der Waals surface area contributed by atoms with E-state index >= 15 is 0 Å². The van der Waals surface area contributed by atoms with Crippen molar-refractivity contribution in [2.24, 2.45) is 0 Å². The number of hydrogen-bond acceptors (Lipinski definition) is 8. The molecule has 0 atom stereocenters. The number of thioether (sulfide) groups is 1. The van der Waals surface area contributed by atoms with Gasteiger partial charge >= 0.3 is 5.97 Å². The van der Waals surface area contributed by atoms with Gasteiger partial charge in [-0.1, -0.05) is 27.7 Å². The van der Waals surface area contributed by atoms with E-state index in [1.807, 2.05) is 43.5 Å². The van der Waals surface area contributed by atoms with Crippen LogP contribution in [-0.4, -0.2) is 33.8 Å². The first-order chi connectivity index (χ1) is 13.4. The number of nitrogens with zero attached hydrogens (tertiary/aromatic N) is 3. The first-order valence-electron chi connectivity index (χ1n) is 8.33. The van der Waals surface area contributed by atoms with Crippen molar-refractivity contribution in [2.75, 3.05) is 12.9 Å². The zero-order chi connectivity index (χ0) is 20.1. The van der Waals surface area contributed by atoms with Crippen molar-refractivity contribution >= 4 is 45.0 Å². The molecule has 2 heterocycles. The molecular formula is C19H18BrN3O3S2. The van der Waals surface area contributed by atoms with Gasteiger partial charge in [-0.2, -0.15) is 0 Å². The quantitative estimate of drug-likeness (QED) is 0.273. The van der Waals surface area contributed by atoms with E-state index in [4.69, 9.17) is 9.47 Å². The summed E-state index contributed by atoms with van der Waals surface area (Å²) in [6, 6.07) is 7.64. The minimum atomic E-state index is -0.331. The number of ether oxygens (including phenoxy) is 2. The molecule has 3 aromatic rings. The Bertz CT molecular complexity index is 974. The topological polar surface area (TPSA) is 74.2 Å². The third kappa shape index (κ3) is 5.52. The van der Waals surface area contributed by atoms with Crippen LogP contribution in [-0.2, 0) is 16.1 Å². The van der Waals surface area contributed by atoms with Crippen LogP contribution in [0.15, 0.2) is 39.3 Å². The Morgan fingerprint density at radius 1 is 1.18 bits per heavy atom. The number of esters is 1. The molecule has 0 saturated carbocycles. The standard InChI is InChI=1S/C19H18BrN3O3S2/c1-11-6-12(2)22-19(21-11)28-10-17(24)26-8-14-9-27-18(23-14)15-7-13(20)4-5-16(15)25-3/h4-7,9H,8,10H2,1-3H3. The number of methoxy groups -OCH3 is 1. The van der Waals surface area contributed by atoms with Crippen molar-refractivity contribution in [3.05, 3.63) is 51.2 Å². The maximum absolute atomic E-state index is 12.0. The fraction of sp³-hybridized carbons (Fsp3) is 0.263. The van der Waals surface area contributed by atoms with Gasteiger partial charge in [-0.05, 0) is 38.1 Å². The van der Waals surface area contributed by atoms with Crippen molar-refractivity contribution in [1.29, 1.82) is 0 Å². The Morgan fingerprint density at radius 2 is 1.93 bits per heavy atom. The fourth-order valence-electron chi connectivity index (χ4n) is 2.42. The van der Waals surface area contributed by atoms with E-state index in [0.29, 0.717) is 10.9 Å². The lowest BCUT2D eigenvalue weighted by Gasteiger charge is -2.06. The van der Waals surface area contributed by atoms with E-state index in [1.54, 1.807) is 7.11 Å². The van der Waals surface area contributed by atoms with E-state index < -0.39 is 0 Å². The summed E-state index contributed by atoms with van der Waals surface area (Å²) < 4.78 is 11.7. The van der Waals surface area contributed by atoms with Crippen molar-refractivity contribution in [2.45, 2.75) is 25.6 Å². The van der Waals surface area contributed by atoms with Crippen LogP contribution in [0.5, 0.6) is 5.75 Å². The predicted molar refractivity (Wildman–Crippen MR) is 114 cm³/mol. The van der Waals surface area contributed by atoms with Crippen LogP contribution in [0.25, 0.3) is 10.6 Å². The molecule has 0 radical (unpaired) electrons. The average molecular weight is 480 g/mol. The highest BCUT2D eigenvalue weighted by Crippen LogP contribution is 2.34. The minimum Gasteiger partial charge on any atom is -0.496 e. The molecule has 28 heavy (non-hydrogen) atoms. The van der Waals surface area contributed by atoms with Gasteiger partial charge in [0.15, 0.2) is 5.16 Å². The molecule has 0 bridgehead atoms. The molecule has 1 aromatic carbocycles. The molecule has 6 nitrogen and oxygen atoms in total. The smallest absolute Gasteiger partial charge is 0.316 e. The van der Waals surface area contributed by atoms with Crippen LogP contribution in [0, 0.1) is 13.8 Å². The van der Waals surface area contributed by atoms with Gasteiger partial charge in [0, 0.05) is 21.2 Å². The molecule has 0 saturated heterocycles. The van der Waals surface area contributed by atoms with E-state index in [9.17, 15) is 4.79 Å². The second kappa shape index (κ2) is 9.49. The van der Waals surface area contributed by atoms with Gasteiger partial charge in [-0.3, -0.25) is 4.79 Å². The number of hydrogen-bond donors (Lipinski definition) is 0. The second-order valence-corrected chi connectivity index (χ2v) is 8.59. The van der Waals surface area contributed by atoms with Gasteiger partial charge in [0.1, 0.15) is 17.4 Å². The van der Waals surface area contributed by atoms with Crippen LogP contribution < -0.4 is 4.74 Å². The fourth-order valence-corrected chi connectivity index (χ4v) is 4.36. The largest absolute Gasteiger partial charge is 0.496 e. The summed E-state index contributed by atoms with van der Waals surface area (Å²) in [5, 5.41) is 3.26. The number of halogens is 1. The van der Waals surface area contributed by atoms with Gasteiger partial charge in [-0.25, -0.2) is 15.0 Å². The van der Waals surface area contributed by atoms with Gasteiger partial charge in [-0.15, -0.1) is 11.3 Å². The second-order valence-electron chi connectivity index (χ2n) is 5.87. The Morgan fingerprint density at radius 3 is 2.64 bits per heavy atom. The molecule has 0 unspecified atom stereocenters. The molecule has 0 amide bonds. The van der Waals surface area contributed by atoms with Crippen molar-refractivity contribution in [1.82, 2.24) is 15.0 Å². The first-order valence-corrected chi connectivity index (χ1v) is 11.0. The highest BCUT2D eigenvalue weighted by molar-refractivity contribution is 9.10. The lowest BCUT2D eigenvalue weighted by Crippen LogP contribution is -2.08. The molecule has 9 heteroatoms. The third-order valence-electron chi connectivity index (χ3n) is 3.61. The molecule has 0 aliphatic rings. The maximum Gasteiger partial charge on any atom is 0.316 e. The number of benzene rings is 1. The van der Waals surface area contributed by atoms with Gasteiger partial charge in [0.05, 0.1) is 24.1 Å². The summed E-state index contributed by atoms with van der Waals surface area (Å²) in [6.07, 6.45) is 0. The highest BCUT2D eigenvalue weighted by atomic mass is 79.9. The van der Waals surface area contributed by atoms with Crippen molar-refractivity contribution < 1.29 is 14.3 Å². The normalized spacial score (nSPS) is 10.7. The molecule has 0 aliphatic carbocycles. The van der Waals surface area contributed by atoms with Gasteiger partial charge < -0.3 is 9.47 Å². The number of aryl methyl sites for hydroxylation is 2. The molecule has 2 aromatic heterocycles. The van der Waals surface area contributed by atoms with E-state index in [1.165, 1.54) is 23.1 Å². The lowest BCUT2D eigenvalue weighted by atomic mass is 10.2. The summed E-state index contributed by atoms with van der Waals surface area (Å²) >= 11 is 6.21. The molecule has 0 aliphatic heterocycles. The molecule has 0 spiro atoms. The molecule has 0 fully saturated rings. The van der Waals surface area contributed by atoms with Crippen LogP contribution >= 0.6 is 39.0 Å². The van der Waals surface area contributed by atoms with Crippen molar-refractivity contribution in [3.8, 4) is 16.3 Å². The summed E-state index contributed by atoms with van der Waals surface area (Å²) in [5.41, 5.74) is 3.34. The third-order valence-corrected chi connectivity index (χ3v) is 5.84. The monoisotopic (exact) mass is 479 g/mol. The van der Waals surface area contributed by atoms with E-state index in [0.717, 1.165) is 32.2 Å².